The molecular weight excluding hydrogens is 230 g/mol. The van der Waals surface area contributed by atoms with Gasteiger partial charge in [0.2, 0.25) is 0 Å². The van der Waals surface area contributed by atoms with Crippen molar-refractivity contribution in [1.29, 1.82) is 0 Å². The molecule has 0 aromatic heterocycles. The first-order valence-electron chi connectivity index (χ1n) is 6.17. The highest BCUT2D eigenvalue weighted by Crippen LogP contribution is 2.40. The second-order valence-electron chi connectivity index (χ2n) is 4.99. The molecule has 1 atom stereocenters. The van der Waals surface area contributed by atoms with Gasteiger partial charge in [-0.2, -0.15) is 0 Å². The summed E-state index contributed by atoms with van der Waals surface area (Å²) in [5.41, 5.74) is 0.851. The van der Waals surface area contributed by atoms with E-state index in [1.165, 1.54) is 0 Å². The molecule has 1 heterocycles. The molecule has 0 amide bonds. The van der Waals surface area contributed by atoms with E-state index in [-0.39, 0.29) is 12.0 Å². The molecule has 18 heavy (non-hydrogen) atoms. The van der Waals surface area contributed by atoms with E-state index in [1.54, 1.807) is 14.2 Å². The highest BCUT2D eigenvalue weighted by atomic mass is 16.5. The Balaban J connectivity index is 2.42. The van der Waals surface area contributed by atoms with Crippen LogP contribution in [-0.4, -0.2) is 51.0 Å². The quantitative estimate of drug-likeness (QED) is 0.875. The van der Waals surface area contributed by atoms with Gasteiger partial charge in [-0.25, -0.2) is 0 Å². The van der Waals surface area contributed by atoms with Gasteiger partial charge < -0.3 is 19.5 Å². The first-order valence-corrected chi connectivity index (χ1v) is 6.17. The second-order valence-corrected chi connectivity index (χ2v) is 4.99. The molecule has 1 aromatic rings. The number of likely N-dealkylation sites (tertiary alicyclic amines) is 1. The average molecular weight is 251 g/mol. The summed E-state index contributed by atoms with van der Waals surface area (Å²) >= 11 is 0. The summed E-state index contributed by atoms with van der Waals surface area (Å²) in [6.45, 7) is 1.99. The first kappa shape index (κ1) is 13.2. The van der Waals surface area contributed by atoms with Gasteiger partial charge in [0, 0.05) is 23.6 Å². The highest BCUT2D eigenvalue weighted by molar-refractivity contribution is 5.46. The SMILES string of the molecule is COc1ccc(C2(CO)CCN(C)C2)c(OC)c1. The van der Waals surface area contributed by atoms with E-state index in [0.29, 0.717) is 0 Å². The summed E-state index contributed by atoms with van der Waals surface area (Å²) in [6, 6.07) is 5.81. The molecule has 1 N–H and O–H groups in total. The van der Waals surface area contributed by atoms with Crippen LogP contribution in [0.4, 0.5) is 0 Å². The van der Waals surface area contributed by atoms with Gasteiger partial charge in [-0.1, -0.05) is 6.07 Å². The van der Waals surface area contributed by atoms with Crippen LogP contribution in [0.3, 0.4) is 0 Å². The number of ether oxygens (including phenoxy) is 2. The predicted molar refractivity (Wildman–Crippen MR) is 70.4 cm³/mol. The van der Waals surface area contributed by atoms with Crippen molar-refractivity contribution in [2.75, 3.05) is 41.0 Å². The maximum absolute atomic E-state index is 9.82. The fourth-order valence-electron chi connectivity index (χ4n) is 2.75. The topological polar surface area (TPSA) is 41.9 Å². The fourth-order valence-corrected chi connectivity index (χ4v) is 2.75. The van der Waals surface area contributed by atoms with Crippen LogP contribution in [0, 0.1) is 0 Å². The second kappa shape index (κ2) is 5.16. The van der Waals surface area contributed by atoms with Crippen LogP contribution in [0.5, 0.6) is 11.5 Å². The summed E-state index contributed by atoms with van der Waals surface area (Å²) in [5.74, 6) is 1.56. The van der Waals surface area contributed by atoms with Crippen LogP contribution in [-0.2, 0) is 5.41 Å². The monoisotopic (exact) mass is 251 g/mol. The number of hydrogen-bond donors (Lipinski definition) is 1. The van der Waals surface area contributed by atoms with Crippen molar-refractivity contribution in [1.82, 2.24) is 4.90 Å². The summed E-state index contributed by atoms with van der Waals surface area (Å²) in [5, 5.41) is 9.82. The molecule has 0 spiro atoms. The molecule has 2 rings (SSSR count). The fraction of sp³-hybridized carbons (Fsp3) is 0.571. The number of hydrogen-bond acceptors (Lipinski definition) is 4. The lowest BCUT2D eigenvalue weighted by molar-refractivity contribution is 0.191. The van der Waals surface area contributed by atoms with Crippen molar-refractivity contribution in [3.8, 4) is 11.5 Å². The average Bonchev–Trinajstić information content (AvgIpc) is 2.80. The lowest BCUT2D eigenvalue weighted by Crippen LogP contribution is -2.34. The number of aliphatic hydroxyl groups excluding tert-OH is 1. The molecule has 0 radical (unpaired) electrons. The van der Waals surface area contributed by atoms with Gasteiger partial charge in [0.05, 0.1) is 20.8 Å². The van der Waals surface area contributed by atoms with E-state index in [4.69, 9.17) is 9.47 Å². The zero-order valence-electron chi connectivity index (χ0n) is 11.3. The number of nitrogens with zero attached hydrogens (tertiary/aromatic N) is 1. The Morgan fingerprint density at radius 3 is 2.61 bits per heavy atom. The maximum atomic E-state index is 9.82. The number of benzene rings is 1. The van der Waals surface area contributed by atoms with E-state index in [0.717, 1.165) is 36.6 Å². The Bertz CT molecular complexity index is 422. The normalized spacial score (nSPS) is 24.2. The summed E-state index contributed by atoms with van der Waals surface area (Å²) in [6.07, 6.45) is 0.947. The van der Waals surface area contributed by atoms with Crippen LogP contribution in [0.25, 0.3) is 0 Å². The van der Waals surface area contributed by atoms with Crippen molar-refractivity contribution in [3.63, 3.8) is 0 Å². The van der Waals surface area contributed by atoms with Gasteiger partial charge >= 0.3 is 0 Å². The molecule has 0 saturated carbocycles. The van der Waals surface area contributed by atoms with Crippen LogP contribution in [0.2, 0.25) is 0 Å². The van der Waals surface area contributed by atoms with Gasteiger partial charge in [-0.15, -0.1) is 0 Å². The van der Waals surface area contributed by atoms with E-state index in [2.05, 4.69) is 11.9 Å². The van der Waals surface area contributed by atoms with Gasteiger partial charge in [0.15, 0.2) is 0 Å². The zero-order chi connectivity index (χ0) is 13.2. The lowest BCUT2D eigenvalue weighted by Gasteiger charge is -2.29. The Kier molecular flexibility index (Phi) is 3.78. The van der Waals surface area contributed by atoms with Gasteiger partial charge in [-0.3, -0.25) is 0 Å². The van der Waals surface area contributed by atoms with Crippen molar-refractivity contribution in [2.45, 2.75) is 11.8 Å². The lowest BCUT2D eigenvalue weighted by atomic mass is 9.80. The molecule has 1 fully saturated rings. The Labute approximate surface area is 108 Å². The third kappa shape index (κ3) is 2.18. The molecule has 0 aliphatic carbocycles. The Morgan fingerprint density at radius 2 is 2.11 bits per heavy atom. The summed E-state index contributed by atoms with van der Waals surface area (Å²) in [7, 11) is 5.37. The maximum Gasteiger partial charge on any atom is 0.126 e. The molecule has 4 heteroatoms. The van der Waals surface area contributed by atoms with Gasteiger partial charge in [0.1, 0.15) is 11.5 Å². The molecule has 1 aliphatic heterocycles. The van der Waals surface area contributed by atoms with Crippen molar-refractivity contribution in [2.24, 2.45) is 0 Å². The molecule has 100 valence electrons. The molecule has 1 unspecified atom stereocenters. The zero-order valence-corrected chi connectivity index (χ0v) is 11.3. The van der Waals surface area contributed by atoms with Gasteiger partial charge in [-0.05, 0) is 26.1 Å². The standard InChI is InChI=1S/C14H21NO3/c1-15-7-6-14(9-15,10-16)12-5-4-11(17-2)8-13(12)18-3/h4-5,8,16H,6-7,9-10H2,1-3H3. The molecule has 0 bridgehead atoms. The van der Waals surface area contributed by atoms with E-state index >= 15 is 0 Å². The third-order valence-corrected chi connectivity index (χ3v) is 3.83. The van der Waals surface area contributed by atoms with Crippen LogP contribution < -0.4 is 9.47 Å². The van der Waals surface area contributed by atoms with Crippen LogP contribution in [0.1, 0.15) is 12.0 Å². The predicted octanol–water partition coefficient (Wildman–Crippen LogP) is 1.27. The summed E-state index contributed by atoms with van der Waals surface area (Å²) < 4.78 is 10.7. The number of rotatable bonds is 4. The first-order chi connectivity index (χ1) is 8.65. The molecule has 1 saturated heterocycles. The number of methoxy groups -OCH3 is 2. The van der Waals surface area contributed by atoms with E-state index in [1.807, 2.05) is 18.2 Å². The molecular formula is C14H21NO3. The van der Waals surface area contributed by atoms with Crippen LogP contribution >= 0.6 is 0 Å². The van der Waals surface area contributed by atoms with Gasteiger partial charge in [0.25, 0.3) is 0 Å². The molecule has 4 nitrogen and oxygen atoms in total. The molecule has 1 aliphatic rings. The third-order valence-electron chi connectivity index (χ3n) is 3.83. The Morgan fingerprint density at radius 1 is 1.33 bits per heavy atom. The Hall–Kier alpha value is -1.26. The minimum Gasteiger partial charge on any atom is -0.497 e. The summed E-state index contributed by atoms with van der Waals surface area (Å²) in [4.78, 5) is 2.24. The van der Waals surface area contributed by atoms with Crippen LogP contribution in [0.15, 0.2) is 18.2 Å². The smallest absolute Gasteiger partial charge is 0.126 e. The number of likely N-dealkylation sites (N-methyl/N-ethyl adjacent to an activating group) is 1. The molecule has 1 aromatic carbocycles. The van der Waals surface area contributed by atoms with E-state index in [9.17, 15) is 5.11 Å². The minimum atomic E-state index is -0.216. The number of aliphatic hydroxyl groups is 1. The highest BCUT2D eigenvalue weighted by Gasteiger charge is 2.39. The van der Waals surface area contributed by atoms with Crippen molar-refractivity contribution < 1.29 is 14.6 Å². The van der Waals surface area contributed by atoms with Crippen molar-refractivity contribution in [3.05, 3.63) is 23.8 Å². The van der Waals surface area contributed by atoms with E-state index < -0.39 is 0 Å². The largest absolute Gasteiger partial charge is 0.497 e. The van der Waals surface area contributed by atoms with Crippen molar-refractivity contribution >= 4 is 0 Å². The minimum absolute atomic E-state index is 0.139.